The first kappa shape index (κ1) is 15.0. The number of carbonyl (C=O) groups excluding carboxylic acids is 1. The van der Waals surface area contributed by atoms with Crippen LogP contribution in [0.4, 0.5) is 0 Å². The van der Waals surface area contributed by atoms with Gasteiger partial charge in [0.1, 0.15) is 0 Å². The Morgan fingerprint density at radius 2 is 2.10 bits per heavy atom. The maximum Gasteiger partial charge on any atom is 0.292 e. The summed E-state index contributed by atoms with van der Waals surface area (Å²) in [4.78, 5) is 14.2. The van der Waals surface area contributed by atoms with Crippen LogP contribution in [0.5, 0.6) is 0 Å². The lowest BCUT2D eigenvalue weighted by Gasteiger charge is -2.30. The zero-order valence-corrected chi connectivity index (χ0v) is 12.5. The van der Waals surface area contributed by atoms with Gasteiger partial charge in [-0.15, -0.1) is 0 Å². The number of nitrogens with zero attached hydrogens (tertiary/aromatic N) is 2. The van der Waals surface area contributed by atoms with Crippen LogP contribution in [0.25, 0.3) is 0 Å². The highest BCUT2D eigenvalue weighted by molar-refractivity contribution is 5.91. The Morgan fingerprint density at radius 1 is 1.45 bits per heavy atom. The number of piperidine rings is 1. The summed E-state index contributed by atoms with van der Waals surface area (Å²) in [6.07, 6.45) is 3.99. The molecule has 0 aromatic carbocycles. The van der Waals surface area contributed by atoms with E-state index in [0.29, 0.717) is 24.1 Å². The van der Waals surface area contributed by atoms with Crippen LogP contribution in [0.1, 0.15) is 61.7 Å². The first-order chi connectivity index (χ1) is 9.69. The van der Waals surface area contributed by atoms with Gasteiger partial charge < -0.3 is 15.2 Å². The number of amides is 1. The molecule has 2 heterocycles. The molecule has 1 aromatic rings. The van der Waals surface area contributed by atoms with Crippen molar-refractivity contribution in [3.8, 4) is 0 Å². The van der Waals surface area contributed by atoms with Crippen LogP contribution in [0.3, 0.4) is 0 Å². The minimum absolute atomic E-state index is 0.0369. The number of nitrogens with two attached hydrogens (primary N) is 1. The summed E-state index contributed by atoms with van der Waals surface area (Å²) in [5, 5.41) is 4.06. The van der Waals surface area contributed by atoms with Gasteiger partial charge in [-0.1, -0.05) is 19.0 Å². The molecule has 2 rings (SSSR count). The minimum atomic E-state index is -0.0369. The van der Waals surface area contributed by atoms with Crippen molar-refractivity contribution in [2.45, 2.75) is 45.4 Å². The summed E-state index contributed by atoms with van der Waals surface area (Å²) in [7, 11) is 0. The second-order valence-electron chi connectivity index (χ2n) is 5.60. The molecule has 5 heteroatoms. The van der Waals surface area contributed by atoms with E-state index in [1.54, 1.807) is 0 Å². The number of hydrogen-bond acceptors (Lipinski definition) is 4. The number of likely N-dealkylation sites (tertiary alicyclic amines) is 1. The maximum absolute atomic E-state index is 12.4. The molecule has 0 bridgehead atoms. The number of rotatable bonds is 5. The molecule has 2 N–H and O–H groups in total. The van der Waals surface area contributed by atoms with Gasteiger partial charge in [-0.3, -0.25) is 4.79 Å². The molecule has 1 fully saturated rings. The van der Waals surface area contributed by atoms with Gasteiger partial charge in [-0.25, -0.2) is 0 Å². The quantitative estimate of drug-likeness (QED) is 0.898. The van der Waals surface area contributed by atoms with E-state index < -0.39 is 0 Å². The second kappa shape index (κ2) is 6.88. The Morgan fingerprint density at radius 3 is 2.65 bits per heavy atom. The summed E-state index contributed by atoms with van der Waals surface area (Å²) in [6.45, 7) is 6.50. The second-order valence-corrected chi connectivity index (χ2v) is 5.60. The third kappa shape index (κ3) is 3.20. The van der Waals surface area contributed by atoms with Crippen molar-refractivity contribution in [1.82, 2.24) is 10.1 Å². The van der Waals surface area contributed by atoms with Crippen LogP contribution < -0.4 is 5.73 Å². The van der Waals surface area contributed by atoms with Gasteiger partial charge in [0, 0.05) is 25.1 Å². The van der Waals surface area contributed by atoms with Crippen molar-refractivity contribution >= 4 is 5.91 Å². The Kier molecular flexibility index (Phi) is 5.17. The Bertz CT molecular complexity index is 432. The van der Waals surface area contributed by atoms with Crippen LogP contribution in [0, 0.1) is 5.92 Å². The summed E-state index contributed by atoms with van der Waals surface area (Å²) < 4.78 is 5.25. The molecule has 112 valence electrons. The van der Waals surface area contributed by atoms with Gasteiger partial charge in [-0.05, 0) is 38.1 Å². The highest BCUT2D eigenvalue weighted by atomic mass is 16.5. The molecule has 20 heavy (non-hydrogen) atoms. The highest BCUT2D eigenvalue weighted by Gasteiger charge is 2.26. The third-order valence-corrected chi connectivity index (χ3v) is 4.38. The summed E-state index contributed by atoms with van der Waals surface area (Å²) in [6, 6.07) is 1.81. The van der Waals surface area contributed by atoms with E-state index in [-0.39, 0.29) is 5.91 Å². The van der Waals surface area contributed by atoms with E-state index in [9.17, 15) is 4.79 Å². The SMILES string of the molecule is CCC(CC)c1cc(C(=O)N2CCC(CN)CC2)on1. The predicted molar refractivity (Wildman–Crippen MR) is 77.5 cm³/mol. The number of aromatic nitrogens is 1. The first-order valence-corrected chi connectivity index (χ1v) is 7.65. The molecule has 1 amide bonds. The zero-order valence-electron chi connectivity index (χ0n) is 12.5. The van der Waals surface area contributed by atoms with Gasteiger partial charge in [0.2, 0.25) is 5.76 Å². The van der Waals surface area contributed by atoms with Gasteiger partial charge in [0.25, 0.3) is 5.91 Å². The van der Waals surface area contributed by atoms with E-state index in [2.05, 4.69) is 19.0 Å². The average Bonchev–Trinajstić information content (AvgIpc) is 2.97. The van der Waals surface area contributed by atoms with E-state index in [0.717, 1.165) is 44.5 Å². The molecule has 0 atom stereocenters. The van der Waals surface area contributed by atoms with Gasteiger partial charge in [0.15, 0.2) is 0 Å². The zero-order chi connectivity index (χ0) is 14.5. The largest absolute Gasteiger partial charge is 0.351 e. The van der Waals surface area contributed by atoms with Crippen molar-refractivity contribution in [2.75, 3.05) is 19.6 Å². The monoisotopic (exact) mass is 279 g/mol. The van der Waals surface area contributed by atoms with Crippen molar-refractivity contribution in [3.05, 3.63) is 17.5 Å². The Balaban J connectivity index is 1.99. The molecule has 1 aromatic heterocycles. The lowest BCUT2D eigenvalue weighted by Crippen LogP contribution is -2.39. The van der Waals surface area contributed by atoms with Gasteiger partial charge in [0.05, 0.1) is 5.69 Å². The lowest BCUT2D eigenvalue weighted by atomic mass is 9.97. The van der Waals surface area contributed by atoms with Gasteiger partial charge >= 0.3 is 0 Å². The number of carbonyl (C=O) groups is 1. The first-order valence-electron chi connectivity index (χ1n) is 7.65. The smallest absolute Gasteiger partial charge is 0.292 e. The highest BCUT2D eigenvalue weighted by Crippen LogP contribution is 2.24. The van der Waals surface area contributed by atoms with Crippen LogP contribution >= 0.6 is 0 Å². The molecule has 1 aliphatic heterocycles. The van der Waals surface area contributed by atoms with Crippen molar-refractivity contribution in [3.63, 3.8) is 0 Å². The van der Waals surface area contributed by atoms with Gasteiger partial charge in [-0.2, -0.15) is 0 Å². The van der Waals surface area contributed by atoms with E-state index in [1.165, 1.54) is 0 Å². The molecular weight excluding hydrogens is 254 g/mol. The maximum atomic E-state index is 12.4. The van der Waals surface area contributed by atoms with Crippen LogP contribution in [-0.4, -0.2) is 35.6 Å². The van der Waals surface area contributed by atoms with Crippen LogP contribution in [-0.2, 0) is 0 Å². The topological polar surface area (TPSA) is 72.4 Å². The Labute approximate surface area is 120 Å². The molecule has 0 unspecified atom stereocenters. The van der Waals surface area contributed by atoms with Crippen LogP contribution in [0.15, 0.2) is 10.6 Å². The van der Waals surface area contributed by atoms with E-state index in [1.807, 2.05) is 11.0 Å². The fraction of sp³-hybridized carbons (Fsp3) is 0.733. The molecular formula is C15H25N3O2. The normalized spacial score (nSPS) is 16.9. The molecule has 1 aliphatic rings. The van der Waals surface area contributed by atoms with E-state index >= 15 is 0 Å². The predicted octanol–water partition coefficient (Wildman–Crippen LogP) is 2.39. The fourth-order valence-corrected chi connectivity index (χ4v) is 2.82. The fourth-order valence-electron chi connectivity index (χ4n) is 2.82. The molecule has 0 aliphatic carbocycles. The summed E-state index contributed by atoms with van der Waals surface area (Å²) in [5.41, 5.74) is 6.57. The average molecular weight is 279 g/mol. The molecule has 0 radical (unpaired) electrons. The van der Waals surface area contributed by atoms with Crippen LogP contribution in [0.2, 0.25) is 0 Å². The summed E-state index contributed by atoms with van der Waals surface area (Å²) in [5.74, 6) is 1.26. The van der Waals surface area contributed by atoms with E-state index in [4.69, 9.17) is 10.3 Å². The molecule has 0 spiro atoms. The van der Waals surface area contributed by atoms with Crippen molar-refractivity contribution in [1.29, 1.82) is 0 Å². The van der Waals surface area contributed by atoms with Crippen molar-refractivity contribution < 1.29 is 9.32 Å². The summed E-state index contributed by atoms with van der Waals surface area (Å²) >= 11 is 0. The number of hydrogen-bond donors (Lipinski definition) is 1. The minimum Gasteiger partial charge on any atom is -0.351 e. The molecule has 0 saturated carbocycles. The lowest BCUT2D eigenvalue weighted by molar-refractivity contribution is 0.0651. The third-order valence-electron chi connectivity index (χ3n) is 4.38. The standard InChI is InChI=1S/C15H25N3O2/c1-3-12(4-2)13-9-14(20-17-13)15(19)18-7-5-11(10-16)6-8-18/h9,11-12H,3-8,10,16H2,1-2H3. The Hall–Kier alpha value is -1.36. The van der Waals surface area contributed by atoms with Crippen molar-refractivity contribution in [2.24, 2.45) is 11.7 Å². The molecule has 1 saturated heterocycles. The molecule has 5 nitrogen and oxygen atoms in total.